The fourth-order valence-electron chi connectivity index (χ4n) is 2.94. The van der Waals surface area contributed by atoms with Crippen molar-refractivity contribution in [3.8, 4) is 0 Å². The Hall–Kier alpha value is -2.17. The molecule has 0 radical (unpaired) electrons. The van der Waals surface area contributed by atoms with Crippen molar-refractivity contribution in [2.24, 2.45) is 0 Å². The molecule has 0 aromatic heterocycles. The molecule has 0 bridgehead atoms. The molecule has 4 nitrogen and oxygen atoms in total. The number of amides is 1. The van der Waals surface area contributed by atoms with E-state index in [9.17, 15) is 9.90 Å². The van der Waals surface area contributed by atoms with E-state index >= 15 is 0 Å². The number of hydrogen-bond donors (Lipinski definition) is 2. The van der Waals surface area contributed by atoms with Gasteiger partial charge in [0.25, 0.3) is 5.91 Å². The van der Waals surface area contributed by atoms with Crippen LogP contribution < -0.4 is 5.32 Å². The van der Waals surface area contributed by atoms with Crippen molar-refractivity contribution >= 4 is 5.91 Å². The number of rotatable bonds is 5. The van der Waals surface area contributed by atoms with Gasteiger partial charge in [-0.2, -0.15) is 0 Å². The zero-order valence-corrected chi connectivity index (χ0v) is 12.9. The van der Waals surface area contributed by atoms with E-state index in [1.54, 1.807) is 24.3 Å². The van der Waals surface area contributed by atoms with Gasteiger partial charge in [0, 0.05) is 6.61 Å². The van der Waals surface area contributed by atoms with Crippen molar-refractivity contribution in [1.29, 1.82) is 0 Å². The van der Waals surface area contributed by atoms with Crippen molar-refractivity contribution < 1.29 is 14.6 Å². The fourth-order valence-corrected chi connectivity index (χ4v) is 2.94. The Labute approximate surface area is 136 Å². The van der Waals surface area contributed by atoms with Crippen LogP contribution in [0.5, 0.6) is 0 Å². The van der Waals surface area contributed by atoms with Crippen LogP contribution in [0.25, 0.3) is 0 Å². The van der Waals surface area contributed by atoms with Crippen LogP contribution >= 0.6 is 0 Å². The number of ether oxygens (including phenoxy) is 1. The highest BCUT2D eigenvalue weighted by atomic mass is 16.5. The molecule has 3 rings (SSSR count). The fraction of sp³-hybridized carbons (Fsp3) is 0.316. The first-order valence-corrected chi connectivity index (χ1v) is 7.95. The van der Waals surface area contributed by atoms with Crippen molar-refractivity contribution in [2.45, 2.75) is 31.1 Å². The van der Waals surface area contributed by atoms with Crippen LogP contribution in [0.2, 0.25) is 0 Å². The minimum atomic E-state index is -1.18. The van der Waals surface area contributed by atoms with E-state index in [4.69, 9.17) is 4.74 Å². The number of aliphatic hydroxyl groups excluding tert-OH is 1. The summed E-state index contributed by atoms with van der Waals surface area (Å²) in [6.45, 7) is 0.713. The quantitative estimate of drug-likeness (QED) is 0.892. The summed E-state index contributed by atoms with van der Waals surface area (Å²) in [7, 11) is 0. The Balaban J connectivity index is 1.77. The standard InChI is InChI=1S/C19H21NO3/c21-18(15-10-5-2-6-11-15)19(22)20-17(16-12-7-13-23-16)14-8-3-1-4-9-14/h1-6,8-11,16-18,21H,7,12-13H2,(H,20,22)/t16-,17+,18+/m0/s1. The topological polar surface area (TPSA) is 58.6 Å². The highest BCUT2D eigenvalue weighted by Gasteiger charge is 2.30. The maximum atomic E-state index is 12.5. The largest absolute Gasteiger partial charge is 0.378 e. The van der Waals surface area contributed by atoms with E-state index in [0.717, 1.165) is 18.4 Å². The smallest absolute Gasteiger partial charge is 0.254 e. The number of aliphatic hydroxyl groups is 1. The molecular formula is C19H21NO3. The SMILES string of the molecule is O=C(N[C@H](c1ccccc1)[C@@H]1CCCO1)[C@H](O)c1ccccc1. The average Bonchev–Trinajstić information content (AvgIpc) is 3.14. The maximum Gasteiger partial charge on any atom is 0.254 e. The molecule has 0 aliphatic carbocycles. The number of benzene rings is 2. The summed E-state index contributed by atoms with van der Waals surface area (Å²) < 4.78 is 5.76. The third kappa shape index (κ3) is 3.78. The summed E-state index contributed by atoms with van der Waals surface area (Å²) in [4.78, 5) is 12.5. The van der Waals surface area contributed by atoms with Crippen LogP contribution in [0, 0.1) is 0 Å². The Morgan fingerprint density at radius 2 is 1.65 bits per heavy atom. The third-order valence-corrected chi connectivity index (χ3v) is 4.16. The number of carbonyl (C=O) groups excluding carboxylic acids is 1. The second-order valence-corrected chi connectivity index (χ2v) is 5.76. The van der Waals surface area contributed by atoms with E-state index in [0.29, 0.717) is 12.2 Å². The highest BCUT2D eigenvalue weighted by molar-refractivity contribution is 5.82. The van der Waals surface area contributed by atoms with Gasteiger partial charge in [0.1, 0.15) is 0 Å². The van der Waals surface area contributed by atoms with Gasteiger partial charge in [-0.1, -0.05) is 60.7 Å². The minimum absolute atomic E-state index is 0.0516. The number of nitrogens with one attached hydrogen (secondary N) is 1. The Kier molecular flexibility index (Phi) is 5.05. The molecule has 2 N–H and O–H groups in total. The lowest BCUT2D eigenvalue weighted by Gasteiger charge is -2.26. The van der Waals surface area contributed by atoms with E-state index < -0.39 is 12.0 Å². The van der Waals surface area contributed by atoms with Gasteiger partial charge in [-0.15, -0.1) is 0 Å². The van der Waals surface area contributed by atoms with Crippen molar-refractivity contribution in [1.82, 2.24) is 5.32 Å². The van der Waals surface area contributed by atoms with E-state index in [-0.39, 0.29) is 12.1 Å². The molecule has 1 aliphatic heterocycles. The van der Waals surface area contributed by atoms with Gasteiger partial charge >= 0.3 is 0 Å². The van der Waals surface area contributed by atoms with Gasteiger partial charge in [0.05, 0.1) is 12.1 Å². The first-order valence-electron chi connectivity index (χ1n) is 7.95. The molecule has 0 saturated carbocycles. The summed E-state index contributed by atoms with van der Waals surface area (Å²) in [5.41, 5.74) is 1.58. The van der Waals surface area contributed by atoms with Crippen LogP contribution in [0.3, 0.4) is 0 Å². The Morgan fingerprint density at radius 3 is 2.22 bits per heavy atom. The van der Waals surface area contributed by atoms with Gasteiger partial charge in [0.2, 0.25) is 0 Å². The molecule has 23 heavy (non-hydrogen) atoms. The van der Waals surface area contributed by atoms with Crippen molar-refractivity contribution in [3.63, 3.8) is 0 Å². The van der Waals surface area contributed by atoms with Crippen LogP contribution in [-0.4, -0.2) is 23.7 Å². The molecule has 1 amide bonds. The predicted octanol–water partition coefficient (Wildman–Crippen LogP) is 2.76. The molecule has 4 heteroatoms. The van der Waals surface area contributed by atoms with Gasteiger partial charge in [-0.3, -0.25) is 4.79 Å². The molecule has 120 valence electrons. The first-order chi connectivity index (χ1) is 11.3. The van der Waals surface area contributed by atoms with E-state index in [1.807, 2.05) is 36.4 Å². The monoisotopic (exact) mass is 311 g/mol. The minimum Gasteiger partial charge on any atom is -0.378 e. The first kappa shape index (κ1) is 15.7. The zero-order valence-electron chi connectivity index (χ0n) is 12.9. The molecule has 1 aliphatic rings. The molecule has 2 aromatic carbocycles. The third-order valence-electron chi connectivity index (χ3n) is 4.16. The lowest BCUT2D eigenvalue weighted by Crippen LogP contribution is -2.38. The zero-order chi connectivity index (χ0) is 16.1. The van der Waals surface area contributed by atoms with E-state index in [1.165, 1.54) is 0 Å². The molecular weight excluding hydrogens is 290 g/mol. The molecule has 1 saturated heterocycles. The van der Waals surface area contributed by atoms with Gasteiger partial charge < -0.3 is 15.2 Å². The van der Waals surface area contributed by atoms with Gasteiger partial charge in [-0.25, -0.2) is 0 Å². The molecule has 0 spiro atoms. The molecule has 1 fully saturated rings. The molecule has 2 aromatic rings. The highest BCUT2D eigenvalue weighted by Crippen LogP contribution is 2.27. The van der Waals surface area contributed by atoms with E-state index in [2.05, 4.69) is 5.32 Å². The van der Waals surface area contributed by atoms with Crippen molar-refractivity contribution in [3.05, 3.63) is 71.8 Å². The van der Waals surface area contributed by atoms with Gasteiger partial charge in [0.15, 0.2) is 6.10 Å². The summed E-state index contributed by atoms with van der Waals surface area (Å²) >= 11 is 0. The van der Waals surface area contributed by atoms with Crippen LogP contribution in [0.1, 0.15) is 36.1 Å². The second kappa shape index (κ2) is 7.40. The lowest BCUT2D eigenvalue weighted by atomic mass is 9.98. The second-order valence-electron chi connectivity index (χ2n) is 5.76. The lowest BCUT2D eigenvalue weighted by molar-refractivity contribution is -0.131. The van der Waals surface area contributed by atoms with Crippen LogP contribution in [-0.2, 0) is 9.53 Å². The Morgan fingerprint density at radius 1 is 1.04 bits per heavy atom. The number of hydrogen-bond acceptors (Lipinski definition) is 3. The summed E-state index contributed by atoms with van der Waals surface area (Å²) in [5.74, 6) is -0.402. The maximum absolute atomic E-state index is 12.5. The normalized spacial score (nSPS) is 20.0. The predicted molar refractivity (Wildman–Crippen MR) is 87.7 cm³/mol. The summed E-state index contributed by atoms with van der Waals surface area (Å²) in [6.07, 6.45) is 0.667. The van der Waals surface area contributed by atoms with Crippen LogP contribution in [0.4, 0.5) is 0 Å². The van der Waals surface area contributed by atoms with Crippen molar-refractivity contribution in [2.75, 3.05) is 6.61 Å². The molecule has 3 atom stereocenters. The van der Waals surface area contributed by atoms with Gasteiger partial charge in [-0.05, 0) is 24.0 Å². The average molecular weight is 311 g/mol. The molecule has 0 unspecified atom stereocenters. The molecule has 1 heterocycles. The summed E-state index contributed by atoms with van der Waals surface area (Å²) in [6, 6.07) is 18.5. The number of carbonyl (C=O) groups is 1. The van der Waals surface area contributed by atoms with Crippen LogP contribution in [0.15, 0.2) is 60.7 Å². The summed E-state index contributed by atoms with van der Waals surface area (Å²) in [5, 5.41) is 13.2. The Bertz CT molecular complexity index is 624.